The summed E-state index contributed by atoms with van der Waals surface area (Å²) >= 11 is 0. The number of likely N-dealkylation sites (tertiary alicyclic amines) is 1. The van der Waals surface area contributed by atoms with Crippen LogP contribution in [0.15, 0.2) is 23.8 Å². The topological polar surface area (TPSA) is 41.6 Å². The van der Waals surface area contributed by atoms with Gasteiger partial charge in [-0.25, -0.2) is 4.79 Å². The number of nitrogens with one attached hydrogen (secondary N) is 1. The molecule has 4 nitrogen and oxygen atoms in total. The smallest absolute Gasteiger partial charge is 0.410 e. The zero-order chi connectivity index (χ0) is 14.5. The maximum atomic E-state index is 12.1. The van der Waals surface area contributed by atoms with Crippen molar-refractivity contribution in [2.75, 3.05) is 32.8 Å². The lowest BCUT2D eigenvalue weighted by atomic mass is 9.73. The van der Waals surface area contributed by atoms with Gasteiger partial charge in [-0.2, -0.15) is 0 Å². The first-order valence-electron chi connectivity index (χ1n) is 8.26. The van der Waals surface area contributed by atoms with Gasteiger partial charge in [-0.1, -0.05) is 18.2 Å². The van der Waals surface area contributed by atoms with Gasteiger partial charge in [0.05, 0.1) is 0 Å². The molecule has 1 N–H and O–H groups in total. The molecule has 2 aliphatic heterocycles. The van der Waals surface area contributed by atoms with Crippen molar-refractivity contribution in [2.24, 2.45) is 5.41 Å². The van der Waals surface area contributed by atoms with Gasteiger partial charge in [-0.05, 0) is 56.1 Å². The minimum Gasteiger partial charge on any atom is -0.445 e. The number of carbonyl (C=O) groups excluding carboxylic acids is 1. The summed E-state index contributed by atoms with van der Waals surface area (Å²) in [5.74, 6) is 0. The molecule has 2 fully saturated rings. The third-order valence-electron chi connectivity index (χ3n) is 5.08. The van der Waals surface area contributed by atoms with Gasteiger partial charge >= 0.3 is 6.09 Å². The highest BCUT2D eigenvalue weighted by atomic mass is 16.6. The fraction of sp³-hybridized carbons (Fsp3) is 0.706. The molecule has 3 aliphatic rings. The summed E-state index contributed by atoms with van der Waals surface area (Å²) in [4.78, 5) is 14.0. The SMILES string of the molecule is O=C(OCC1=CCCC=C1)N1CCC2(CCCNC2)CC1. The van der Waals surface area contributed by atoms with Gasteiger partial charge in [0.1, 0.15) is 6.61 Å². The van der Waals surface area contributed by atoms with E-state index < -0.39 is 0 Å². The zero-order valence-electron chi connectivity index (χ0n) is 12.8. The van der Waals surface area contributed by atoms with Gasteiger partial charge in [0.2, 0.25) is 0 Å². The number of piperidine rings is 2. The van der Waals surface area contributed by atoms with Gasteiger partial charge < -0.3 is 15.0 Å². The third-order valence-corrected chi connectivity index (χ3v) is 5.08. The Balaban J connectivity index is 1.44. The monoisotopic (exact) mass is 290 g/mol. The average molecular weight is 290 g/mol. The molecule has 0 aromatic rings. The van der Waals surface area contributed by atoms with Gasteiger partial charge in [0.25, 0.3) is 0 Å². The van der Waals surface area contributed by atoms with E-state index >= 15 is 0 Å². The predicted octanol–water partition coefficient (Wildman–Crippen LogP) is 2.87. The summed E-state index contributed by atoms with van der Waals surface area (Å²) < 4.78 is 5.45. The Morgan fingerprint density at radius 1 is 1.29 bits per heavy atom. The normalized spacial score (nSPS) is 24.8. The van der Waals surface area contributed by atoms with Crippen molar-refractivity contribution in [3.63, 3.8) is 0 Å². The molecule has 2 heterocycles. The molecular formula is C17H26N2O2. The van der Waals surface area contributed by atoms with E-state index in [1.165, 1.54) is 12.8 Å². The second-order valence-corrected chi connectivity index (χ2v) is 6.58. The van der Waals surface area contributed by atoms with Crippen molar-refractivity contribution in [1.29, 1.82) is 0 Å². The Morgan fingerprint density at radius 3 is 2.81 bits per heavy atom. The van der Waals surface area contributed by atoms with E-state index in [0.717, 1.165) is 57.4 Å². The van der Waals surface area contributed by atoms with Gasteiger partial charge in [-0.3, -0.25) is 0 Å². The number of carbonyl (C=O) groups is 1. The van der Waals surface area contributed by atoms with Crippen molar-refractivity contribution in [3.05, 3.63) is 23.8 Å². The van der Waals surface area contributed by atoms with Crippen LogP contribution in [0.2, 0.25) is 0 Å². The molecule has 0 aromatic carbocycles. The van der Waals surface area contributed by atoms with Crippen LogP contribution in [0.1, 0.15) is 38.5 Å². The second-order valence-electron chi connectivity index (χ2n) is 6.58. The Kier molecular flexibility index (Phi) is 4.63. The first kappa shape index (κ1) is 14.6. The lowest BCUT2D eigenvalue weighted by Crippen LogP contribution is -2.49. The van der Waals surface area contributed by atoms with Crippen LogP contribution in [0.5, 0.6) is 0 Å². The highest BCUT2D eigenvalue weighted by Gasteiger charge is 2.37. The number of nitrogens with zero attached hydrogens (tertiary/aromatic N) is 1. The molecule has 0 bridgehead atoms. The fourth-order valence-electron chi connectivity index (χ4n) is 3.63. The third kappa shape index (κ3) is 3.67. The molecule has 1 amide bonds. The average Bonchev–Trinajstić information content (AvgIpc) is 2.55. The zero-order valence-corrected chi connectivity index (χ0v) is 12.8. The van der Waals surface area contributed by atoms with Crippen LogP contribution in [-0.2, 0) is 4.74 Å². The van der Waals surface area contributed by atoms with Crippen molar-refractivity contribution >= 4 is 6.09 Å². The van der Waals surface area contributed by atoms with Crippen LogP contribution >= 0.6 is 0 Å². The van der Waals surface area contributed by atoms with Gasteiger partial charge in [-0.15, -0.1) is 0 Å². The highest BCUT2D eigenvalue weighted by Crippen LogP contribution is 2.37. The Bertz CT molecular complexity index is 426. The number of hydrogen-bond acceptors (Lipinski definition) is 3. The summed E-state index contributed by atoms with van der Waals surface area (Å²) in [6.07, 6.45) is 13.2. The number of hydrogen-bond donors (Lipinski definition) is 1. The molecule has 0 aromatic heterocycles. The maximum absolute atomic E-state index is 12.1. The van der Waals surface area contributed by atoms with E-state index in [1.807, 2.05) is 4.90 Å². The van der Waals surface area contributed by atoms with Crippen LogP contribution in [0.25, 0.3) is 0 Å². The Hall–Kier alpha value is -1.29. The van der Waals surface area contributed by atoms with Gasteiger partial charge in [0.15, 0.2) is 0 Å². The van der Waals surface area contributed by atoms with Crippen LogP contribution in [-0.4, -0.2) is 43.8 Å². The molecule has 2 saturated heterocycles. The summed E-state index contributed by atoms with van der Waals surface area (Å²) in [6, 6.07) is 0. The first-order chi connectivity index (χ1) is 10.3. The number of amides is 1. The van der Waals surface area contributed by atoms with Crippen LogP contribution in [0, 0.1) is 5.41 Å². The van der Waals surface area contributed by atoms with E-state index in [0.29, 0.717) is 12.0 Å². The molecule has 0 atom stereocenters. The van der Waals surface area contributed by atoms with Crippen LogP contribution in [0.4, 0.5) is 4.79 Å². The number of ether oxygens (including phenoxy) is 1. The van der Waals surface area contributed by atoms with Crippen LogP contribution < -0.4 is 5.32 Å². The van der Waals surface area contributed by atoms with E-state index in [2.05, 4.69) is 23.5 Å². The van der Waals surface area contributed by atoms with E-state index in [-0.39, 0.29) is 6.09 Å². The molecule has 1 aliphatic carbocycles. The molecule has 116 valence electrons. The molecule has 4 heteroatoms. The fourth-order valence-corrected chi connectivity index (χ4v) is 3.63. The van der Waals surface area contributed by atoms with Crippen molar-refractivity contribution in [3.8, 4) is 0 Å². The minimum atomic E-state index is -0.145. The lowest BCUT2D eigenvalue weighted by Gasteiger charge is -2.44. The highest BCUT2D eigenvalue weighted by molar-refractivity contribution is 5.68. The van der Waals surface area contributed by atoms with Crippen LogP contribution in [0.3, 0.4) is 0 Å². The molecule has 0 radical (unpaired) electrons. The molecular weight excluding hydrogens is 264 g/mol. The largest absolute Gasteiger partial charge is 0.445 e. The van der Waals surface area contributed by atoms with E-state index in [9.17, 15) is 4.79 Å². The summed E-state index contributed by atoms with van der Waals surface area (Å²) in [6.45, 7) is 4.37. The molecule has 0 saturated carbocycles. The van der Waals surface area contributed by atoms with Crippen molar-refractivity contribution in [1.82, 2.24) is 10.2 Å². The second kappa shape index (κ2) is 6.65. The molecule has 1 spiro atoms. The summed E-state index contributed by atoms with van der Waals surface area (Å²) in [5, 5.41) is 3.51. The summed E-state index contributed by atoms with van der Waals surface area (Å²) in [5.41, 5.74) is 1.56. The Morgan fingerprint density at radius 2 is 2.14 bits per heavy atom. The van der Waals surface area contributed by atoms with E-state index in [1.54, 1.807) is 0 Å². The molecule has 21 heavy (non-hydrogen) atoms. The molecule has 3 rings (SSSR count). The van der Waals surface area contributed by atoms with Crippen molar-refractivity contribution in [2.45, 2.75) is 38.5 Å². The lowest BCUT2D eigenvalue weighted by molar-refractivity contribution is 0.0585. The predicted molar refractivity (Wildman–Crippen MR) is 83.1 cm³/mol. The molecule has 0 unspecified atom stereocenters. The standard InChI is InChI=1S/C17H26N2O2/c20-16(21-13-15-5-2-1-3-6-15)19-11-8-17(9-12-19)7-4-10-18-14-17/h2,5-6,18H,1,3-4,7-14H2. The maximum Gasteiger partial charge on any atom is 0.410 e. The van der Waals surface area contributed by atoms with Crippen molar-refractivity contribution < 1.29 is 9.53 Å². The first-order valence-corrected chi connectivity index (χ1v) is 8.26. The Labute approximate surface area is 127 Å². The van der Waals surface area contributed by atoms with Gasteiger partial charge in [0, 0.05) is 19.6 Å². The minimum absolute atomic E-state index is 0.145. The number of rotatable bonds is 2. The quantitative estimate of drug-likeness (QED) is 0.850. The van der Waals surface area contributed by atoms with E-state index in [4.69, 9.17) is 4.74 Å². The summed E-state index contributed by atoms with van der Waals surface area (Å²) in [7, 11) is 0. The number of allylic oxidation sites excluding steroid dienone is 2.